The van der Waals surface area contributed by atoms with Gasteiger partial charge in [-0.1, -0.05) is 13.8 Å². The molecule has 1 rings (SSSR count). The number of sulfonamides is 1. The highest BCUT2D eigenvalue weighted by atomic mass is 32.2. The van der Waals surface area contributed by atoms with Crippen molar-refractivity contribution in [2.75, 3.05) is 25.9 Å². The van der Waals surface area contributed by atoms with Crippen molar-refractivity contribution >= 4 is 15.9 Å². The highest BCUT2D eigenvalue weighted by Gasteiger charge is 2.28. The summed E-state index contributed by atoms with van der Waals surface area (Å²) < 4.78 is 23.9. The van der Waals surface area contributed by atoms with E-state index in [1.54, 1.807) is 0 Å². The smallest absolute Gasteiger partial charge is 0.223 e. The number of hydrogen-bond acceptors (Lipinski definition) is 3. The van der Waals surface area contributed by atoms with Crippen LogP contribution in [0.25, 0.3) is 0 Å². The number of piperidine rings is 1. The number of nitrogens with zero attached hydrogens (tertiary/aromatic N) is 1. The van der Waals surface area contributed by atoms with Gasteiger partial charge in [-0.05, 0) is 19.8 Å². The molecule has 0 aromatic heterocycles. The molecule has 0 unspecified atom stereocenters. The third kappa shape index (κ3) is 5.50. The molecule has 0 bridgehead atoms. The predicted molar refractivity (Wildman–Crippen MR) is 69.2 cm³/mol. The molecular weight excluding hydrogens is 240 g/mol. The second-order valence-corrected chi connectivity index (χ2v) is 5.81. The molecule has 1 fully saturated rings. The van der Waals surface area contributed by atoms with E-state index < -0.39 is 10.0 Å². The van der Waals surface area contributed by atoms with Crippen LogP contribution in [-0.2, 0) is 14.8 Å². The van der Waals surface area contributed by atoms with Crippen LogP contribution < -0.4 is 5.32 Å². The summed E-state index contributed by atoms with van der Waals surface area (Å²) in [6.45, 7) is 7.43. The summed E-state index contributed by atoms with van der Waals surface area (Å²) in [5, 5.41) is 2.76. The van der Waals surface area contributed by atoms with Gasteiger partial charge in [0.15, 0.2) is 0 Å². The largest absolute Gasteiger partial charge is 0.356 e. The fraction of sp³-hybridized carbons (Fsp3) is 0.909. The highest BCUT2D eigenvalue weighted by Crippen LogP contribution is 2.18. The molecular formula is C11H24N2O3S. The van der Waals surface area contributed by atoms with Crippen molar-refractivity contribution in [3.05, 3.63) is 0 Å². The van der Waals surface area contributed by atoms with E-state index in [0.29, 0.717) is 32.5 Å². The fourth-order valence-corrected chi connectivity index (χ4v) is 2.64. The van der Waals surface area contributed by atoms with Crippen LogP contribution >= 0.6 is 0 Å². The first-order chi connectivity index (χ1) is 7.95. The SMILES string of the molecule is CC.CCNC(=O)C1CCN(S(C)(=O)=O)CC1. The van der Waals surface area contributed by atoms with E-state index in [1.807, 2.05) is 20.8 Å². The molecule has 0 radical (unpaired) electrons. The van der Waals surface area contributed by atoms with Crippen molar-refractivity contribution < 1.29 is 13.2 Å². The second-order valence-electron chi connectivity index (χ2n) is 3.83. The van der Waals surface area contributed by atoms with Gasteiger partial charge in [0.05, 0.1) is 6.26 Å². The first kappa shape index (κ1) is 16.4. The van der Waals surface area contributed by atoms with Crippen LogP contribution in [0.4, 0.5) is 0 Å². The van der Waals surface area contributed by atoms with E-state index in [0.717, 1.165) is 0 Å². The van der Waals surface area contributed by atoms with E-state index in [9.17, 15) is 13.2 Å². The summed E-state index contributed by atoms with van der Waals surface area (Å²) in [7, 11) is -3.09. The average Bonchev–Trinajstić information content (AvgIpc) is 2.31. The Bertz CT molecular complexity index is 320. The van der Waals surface area contributed by atoms with Crippen molar-refractivity contribution in [1.82, 2.24) is 9.62 Å². The fourth-order valence-electron chi connectivity index (χ4n) is 1.77. The Morgan fingerprint density at radius 2 is 1.76 bits per heavy atom. The first-order valence-corrected chi connectivity index (χ1v) is 8.02. The minimum absolute atomic E-state index is 0.0250. The second kappa shape index (κ2) is 7.66. The van der Waals surface area contributed by atoms with E-state index in [4.69, 9.17) is 0 Å². The summed E-state index contributed by atoms with van der Waals surface area (Å²) in [5.74, 6) is 0.0219. The molecule has 0 atom stereocenters. The van der Waals surface area contributed by atoms with Crippen LogP contribution in [0.15, 0.2) is 0 Å². The van der Waals surface area contributed by atoms with Crippen LogP contribution in [0.1, 0.15) is 33.6 Å². The lowest BCUT2D eigenvalue weighted by molar-refractivity contribution is -0.125. The van der Waals surface area contributed by atoms with Crippen molar-refractivity contribution in [3.63, 3.8) is 0 Å². The lowest BCUT2D eigenvalue weighted by Gasteiger charge is -2.29. The molecule has 0 aromatic rings. The first-order valence-electron chi connectivity index (χ1n) is 6.18. The third-order valence-electron chi connectivity index (χ3n) is 2.64. The number of hydrogen-bond donors (Lipinski definition) is 1. The van der Waals surface area contributed by atoms with Gasteiger partial charge in [-0.2, -0.15) is 0 Å². The Kier molecular flexibility index (Phi) is 7.38. The topological polar surface area (TPSA) is 66.5 Å². The quantitative estimate of drug-likeness (QED) is 0.820. The Hall–Kier alpha value is -0.620. The Balaban J connectivity index is 0.00000121. The molecule has 6 heteroatoms. The summed E-state index contributed by atoms with van der Waals surface area (Å²) in [4.78, 5) is 11.5. The van der Waals surface area contributed by atoms with Gasteiger partial charge < -0.3 is 5.32 Å². The molecule has 1 aliphatic rings. The lowest BCUT2D eigenvalue weighted by Crippen LogP contribution is -2.42. The molecule has 1 aliphatic heterocycles. The number of rotatable bonds is 3. The van der Waals surface area contributed by atoms with Crippen LogP contribution in [0.2, 0.25) is 0 Å². The number of carbonyl (C=O) groups is 1. The standard InChI is InChI=1S/C9H18N2O3S.C2H6/c1-3-10-9(12)8-4-6-11(7-5-8)15(2,13)14;1-2/h8H,3-7H2,1-2H3,(H,10,12);1-2H3. The van der Waals surface area contributed by atoms with Crippen molar-refractivity contribution in [2.24, 2.45) is 5.92 Å². The van der Waals surface area contributed by atoms with Gasteiger partial charge in [-0.15, -0.1) is 0 Å². The number of amides is 1. The number of carbonyl (C=O) groups excluding carboxylic acids is 1. The average molecular weight is 264 g/mol. The molecule has 1 amide bonds. The van der Waals surface area contributed by atoms with Gasteiger partial charge in [-0.25, -0.2) is 12.7 Å². The minimum atomic E-state index is -3.09. The normalized spacial score (nSPS) is 18.1. The third-order valence-corrected chi connectivity index (χ3v) is 3.95. The summed E-state index contributed by atoms with van der Waals surface area (Å²) in [5.41, 5.74) is 0. The zero-order valence-corrected chi connectivity index (χ0v) is 12.0. The van der Waals surface area contributed by atoms with Gasteiger partial charge in [0.1, 0.15) is 0 Å². The van der Waals surface area contributed by atoms with Crippen molar-refractivity contribution in [3.8, 4) is 0 Å². The molecule has 1 N–H and O–H groups in total. The Labute approximate surface area is 105 Å². The maximum absolute atomic E-state index is 11.5. The molecule has 1 saturated heterocycles. The van der Waals surface area contributed by atoms with E-state index >= 15 is 0 Å². The summed E-state index contributed by atoms with van der Waals surface area (Å²) in [6.07, 6.45) is 2.46. The molecule has 0 aliphatic carbocycles. The molecule has 102 valence electrons. The maximum Gasteiger partial charge on any atom is 0.223 e. The maximum atomic E-state index is 11.5. The molecule has 0 saturated carbocycles. The van der Waals surface area contributed by atoms with E-state index in [-0.39, 0.29) is 11.8 Å². The predicted octanol–water partition coefficient (Wildman–Crippen LogP) is 0.820. The Morgan fingerprint density at radius 1 is 1.29 bits per heavy atom. The van der Waals surface area contributed by atoms with Gasteiger partial charge in [-0.3, -0.25) is 4.79 Å². The lowest BCUT2D eigenvalue weighted by atomic mass is 9.97. The number of nitrogens with one attached hydrogen (secondary N) is 1. The molecule has 0 spiro atoms. The van der Waals surface area contributed by atoms with Gasteiger partial charge in [0, 0.05) is 25.6 Å². The molecule has 5 nitrogen and oxygen atoms in total. The molecule has 1 heterocycles. The van der Waals surface area contributed by atoms with Crippen molar-refractivity contribution in [2.45, 2.75) is 33.6 Å². The Morgan fingerprint density at radius 3 is 2.12 bits per heavy atom. The zero-order chi connectivity index (χ0) is 13.5. The summed E-state index contributed by atoms with van der Waals surface area (Å²) >= 11 is 0. The summed E-state index contributed by atoms with van der Waals surface area (Å²) in [6, 6.07) is 0. The van der Waals surface area contributed by atoms with Crippen LogP contribution in [0, 0.1) is 5.92 Å². The van der Waals surface area contributed by atoms with E-state index in [2.05, 4.69) is 5.32 Å². The van der Waals surface area contributed by atoms with Crippen molar-refractivity contribution in [1.29, 1.82) is 0 Å². The minimum Gasteiger partial charge on any atom is -0.356 e. The van der Waals surface area contributed by atoms with Crippen LogP contribution in [-0.4, -0.2) is 44.5 Å². The monoisotopic (exact) mass is 264 g/mol. The zero-order valence-electron chi connectivity index (χ0n) is 11.2. The van der Waals surface area contributed by atoms with Crippen LogP contribution in [0.5, 0.6) is 0 Å². The van der Waals surface area contributed by atoms with Gasteiger partial charge in [0.2, 0.25) is 15.9 Å². The van der Waals surface area contributed by atoms with E-state index in [1.165, 1.54) is 10.6 Å². The molecule has 17 heavy (non-hydrogen) atoms. The highest BCUT2D eigenvalue weighted by molar-refractivity contribution is 7.88. The van der Waals surface area contributed by atoms with Gasteiger partial charge >= 0.3 is 0 Å². The van der Waals surface area contributed by atoms with Gasteiger partial charge in [0.25, 0.3) is 0 Å². The van der Waals surface area contributed by atoms with Crippen LogP contribution in [0.3, 0.4) is 0 Å². The molecule has 0 aromatic carbocycles.